The summed E-state index contributed by atoms with van der Waals surface area (Å²) in [4.78, 5) is 13.1. The summed E-state index contributed by atoms with van der Waals surface area (Å²) in [5.41, 5.74) is 16.8. The van der Waals surface area contributed by atoms with Gasteiger partial charge in [-0.3, -0.25) is 0 Å². The SMILES string of the molecule is COc1ccc(-c2cc(-c3cccc(Br)c3)c3c(N)ncnc3n2)cc1N. The van der Waals surface area contributed by atoms with Gasteiger partial charge in [0, 0.05) is 10.0 Å². The Kier molecular flexibility index (Phi) is 4.37. The zero-order valence-corrected chi connectivity index (χ0v) is 16.1. The van der Waals surface area contributed by atoms with E-state index in [4.69, 9.17) is 16.2 Å². The second-order valence-corrected chi connectivity index (χ2v) is 6.90. The molecule has 0 amide bonds. The van der Waals surface area contributed by atoms with Crippen LogP contribution >= 0.6 is 15.9 Å². The highest BCUT2D eigenvalue weighted by molar-refractivity contribution is 9.10. The number of rotatable bonds is 3. The van der Waals surface area contributed by atoms with Crippen LogP contribution in [0.5, 0.6) is 5.75 Å². The molecule has 0 saturated heterocycles. The highest BCUT2D eigenvalue weighted by Crippen LogP contribution is 2.35. The molecule has 134 valence electrons. The Morgan fingerprint density at radius 1 is 0.963 bits per heavy atom. The van der Waals surface area contributed by atoms with E-state index >= 15 is 0 Å². The summed E-state index contributed by atoms with van der Waals surface area (Å²) in [7, 11) is 1.59. The van der Waals surface area contributed by atoms with Crippen molar-refractivity contribution in [3.63, 3.8) is 0 Å². The third kappa shape index (κ3) is 3.17. The van der Waals surface area contributed by atoms with Gasteiger partial charge in [0.25, 0.3) is 0 Å². The molecule has 0 bridgehead atoms. The average Bonchev–Trinajstić information content (AvgIpc) is 2.67. The van der Waals surface area contributed by atoms with Crippen molar-refractivity contribution in [3.05, 3.63) is 59.3 Å². The molecule has 27 heavy (non-hydrogen) atoms. The third-order valence-corrected chi connectivity index (χ3v) is 4.79. The first-order valence-corrected chi connectivity index (χ1v) is 8.97. The first-order valence-electron chi connectivity index (χ1n) is 8.18. The lowest BCUT2D eigenvalue weighted by Gasteiger charge is -2.12. The van der Waals surface area contributed by atoms with Crippen molar-refractivity contribution in [3.8, 4) is 28.1 Å². The minimum Gasteiger partial charge on any atom is -0.495 e. The Morgan fingerprint density at radius 3 is 2.56 bits per heavy atom. The highest BCUT2D eigenvalue weighted by atomic mass is 79.9. The van der Waals surface area contributed by atoms with Gasteiger partial charge in [-0.05, 0) is 47.5 Å². The summed E-state index contributed by atoms with van der Waals surface area (Å²) in [6.07, 6.45) is 1.42. The molecular weight excluding hydrogens is 406 g/mol. The van der Waals surface area contributed by atoms with Gasteiger partial charge in [0.05, 0.1) is 23.9 Å². The van der Waals surface area contributed by atoms with Gasteiger partial charge in [-0.2, -0.15) is 0 Å². The Hall–Kier alpha value is -3.19. The fourth-order valence-electron chi connectivity index (χ4n) is 3.01. The zero-order valence-electron chi connectivity index (χ0n) is 14.5. The van der Waals surface area contributed by atoms with Crippen LogP contribution in [-0.2, 0) is 0 Å². The lowest BCUT2D eigenvalue weighted by atomic mass is 9.99. The number of anilines is 2. The largest absolute Gasteiger partial charge is 0.495 e. The predicted octanol–water partition coefficient (Wildman–Crippen LogP) is 4.29. The quantitative estimate of drug-likeness (QED) is 0.478. The molecule has 4 rings (SSSR count). The maximum Gasteiger partial charge on any atom is 0.165 e. The van der Waals surface area contributed by atoms with Gasteiger partial charge in [-0.25, -0.2) is 15.0 Å². The van der Waals surface area contributed by atoms with E-state index in [0.717, 1.165) is 32.2 Å². The van der Waals surface area contributed by atoms with Crippen molar-refractivity contribution in [2.45, 2.75) is 0 Å². The molecule has 2 aromatic heterocycles. The molecule has 0 saturated carbocycles. The number of ether oxygens (including phenoxy) is 1. The first kappa shape index (κ1) is 17.2. The van der Waals surface area contributed by atoms with Gasteiger partial charge >= 0.3 is 0 Å². The molecule has 0 aliphatic rings. The number of benzene rings is 2. The van der Waals surface area contributed by atoms with Gasteiger partial charge in [0.15, 0.2) is 5.65 Å². The van der Waals surface area contributed by atoms with Crippen molar-refractivity contribution < 1.29 is 4.74 Å². The van der Waals surface area contributed by atoms with Crippen molar-refractivity contribution >= 4 is 38.5 Å². The van der Waals surface area contributed by atoms with Crippen molar-refractivity contribution in [2.75, 3.05) is 18.6 Å². The minimum absolute atomic E-state index is 0.392. The van der Waals surface area contributed by atoms with E-state index in [1.165, 1.54) is 6.33 Å². The second kappa shape index (κ2) is 6.85. The average molecular weight is 422 g/mol. The minimum atomic E-state index is 0.392. The van der Waals surface area contributed by atoms with Gasteiger partial charge in [-0.1, -0.05) is 28.1 Å². The Labute approximate surface area is 164 Å². The Bertz CT molecular complexity index is 1160. The number of nitrogens with zero attached hydrogens (tertiary/aromatic N) is 3. The number of halogens is 1. The summed E-state index contributed by atoms with van der Waals surface area (Å²) < 4.78 is 6.21. The van der Waals surface area contributed by atoms with Gasteiger partial charge in [0.2, 0.25) is 0 Å². The molecular formula is C20H16BrN5O. The van der Waals surface area contributed by atoms with Crippen molar-refractivity contribution in [1.29, 1.82) is 0 Å². The fraction of sp³-hybridized carbons (Fsp3) is 0.0500. The number of methoxy groups -OCH3 is 1. The number of nitrogens with two attached hydrogens (primary N) is 2. The summed E-state index contributed by atoms with van der Waals surface area (Å²) in [6.45, 7) is 0. The van der Waals surface area contributed by atoms with Crippen LogP contribution in [0.25, 0.3) is 33.4 Å². The van der Waals surface area contributed by atoms with Crippen molar-refractivity contribution in [1.82, 2.24) is 15.0 Å². The molecule has 0 spiro atoms. The van der Waals surface area contributed by atoms with Crippen molar-refractivity contribution in [2.24, 2.45) is 0 Å². The molecule has 4 N–H and O–H groups in total. The number of nitrogen functional groups attached to an aromatic ring is 2. The van der Waals surface area contributed by atoms with Crippen LogP contribution in [0.4, 0.5) is 11.5 Å². The number of fused-ring (bicyclic) bond motifs is 1. The van der Waals surface area contributed by atoms with Crippen LogP contribution in [-0.4, -0.2) is 22.1 Å². The van der Waals surface area contributed by atoms with E-state index in [2.05, 4.69) is 30.9 Å². The smallest absolute Gasteiger partial charge is 0.165 e. The molecule has 0 atom stereocenters. The van der Waals surface area contributed by atoms with Crippen LogP contribution < -0.4 is 16.2 Å². The van der Waals surface area contributed by atoms with E-state index in [1.807, 2.05) is 48.5 Å². The Morgan fingerprint density at radius 2 is 1.81 bits per heavy atom. The molecule has 7 heteroatoms. The summed E-state index contributed by atoms with van der Waals surface area (Å²) in [6, 6.07) is 15.5. The van der Waals surface area contributed by atoms with Crippen LogP contribution in [0, 0.1) is 0 Å². The second-order valence-electron chi connectivity index (χ2n) is 5.98. The monoisotopic (exact) mass is 421 g/mol. The maximum atomic E-state index is 6.14. The molecule has 0 radical (unpaired) electrons. The number of hydrogen-bond donors (Lipinski definition) is 2. The molecule has 6 nitrogen and oxygen atoms in total. The lowest BCUT2D eigenvalue weighted by Crippen LogP contribution is -1.99. The molecule has 0 fully saturated rings. The standard InChI is InChI=1S/C20H16BrN5O/c1-27-17-6-5-12(8-15(17)22)16-9-14(11-3-2-4-13(21)7-11)18-19(23)24-10-25-20(18)26-16/h2-10H,22H2,1H3,(H2,23,24,25,26). The van der Waals surface area contributed by atoms with E-state index < -0.39 is 0 Å². The normalized spacial score (nSPS) is 10.9. The Balaban J connectivity index is 2.00. The van der Waals surface area contributed by atoms with Gasteiger partial charge in [0.1, 0.15) is 17.9 Å². The van der Waals surface area contributed by atoms with E-state index in [1.54, 1.807) is 7.11 Å². The molecule has 2 heterocycles. The van der Waals surface area contributed by atoms with Crippen LogP contribution in [0.15, 0.2) is 59.3 Å². The van der Waals surface area contributed by atoms with Crippen LogP contribution in [0.2, 0.25) is 0 Å². The topological polar surface area (TPSA) is 99.9 Å². The third-order valence-electron chi connectivity index (χ3n) is 4.29. The molecule has 2 aromatic carbocycles. The zero-order chi connectivity index (χ0) is 19.0. The molecule has 0 unspecified atom stereocenters. The van der Waals surface area contributed by atoms with Gasteiger partial charge in [-0.15, -0.1) is 0 Å². The van der Waals surface area contributed by atoms with E-state index in [9.17, 15) is 0 Å². The fourth-order valence-corrected chi connectivity index (χ4v) is 3.41. The first-order chi connectivity index (χ1) is 13.1. The molecule has 0 aliphatic heterocycles. The van der Waals surface area contributed by atoms with Gasteiger partial charge < -0.3 is 16.2 Å². The molecule has 4 aromatic rings. The lowest BCUT2D eigenvalue weighted by molar-refractivity contribution is 0.417. The summed E-state index contributed by atoms with van der Waals surface area (Å²) >= 11 is 3.52. The van der Waals surface area contributed by atoms with E-state index in [0.29, 0.717) is 22.9 Å². The summed E-state index contributed by atoms with van der Waals surface area (Å²) in [5, 5.41) is 0.723. The number of pyridine rings is 1. The molecule has 0 aliphatic carbocycles. The van der Waals surface area contributed by atoms with Crippen LogP contribution in [0.1, 0.15) is 0 Å². The van der Waals surface area contributed by atoms with E-state index in [-0.39, 0.29) is 0 Å². The predicted molar refractivity (Wildman–Crippen MR) is 111 cm³/mol. The highest BCUT2D eigenvalue weighted by Gasteiger charge is 2.14. The maximum absolute atomic E-state index is 6.14. The summed E-state index contributed by atoms with van der Waals surface area (Å²) in [5.74, 6) is 1.02. The number of aromatic nitrogens is 3. The van der Waals surface area contributed by atoms with Crippen LogP contribution in [0.3, 0.4) is 0 Å². The number of hydrogen-bond acceptors (Lipinski definition) is 6.